The molecule has 1 amide bonds. The van der Waals surface area contributed by atoms with E-state index in [9.17, 15) is 23.1 Å². The first-order chi connectivity index (χ1) is 18.5. The van der Waals surface area contributed by atoms with E-state index in [1.807, 2.05) is 24.3 Å². The standard InChI is InChI=1S/C28H21BrN4O5S/c1-16-12-25(33(32-16)24-15-18-7-3-2-6-17(18)13-21(24)28(35)36)27(34)31-23-11-10-19(14-22(23)29)20-8-4-5-9-26(20)39(30,37)38/h2-15H,1H3,(H,31,34)(H,35,36)(H2,30,37,38). The van der Waals surface area contributed by atoms with Gasteiger partial charge in [0.2, 0.25) is 10.0 Å². The van der Waals surface area contributed by atoms with E-state index in [2.05, 4.69) is 26.3 Å². The molecule has 5 aromatic rings. The van der Waals surface area contributed by atoms with Crippen LogP contribution in [0, 0.1) is 6.92 Å². The van der Waals surface area contributed by atoms with Gasteiger partial charge in [0.25, 0.3) is 5.91 Å². The summed E-state index contributed by atoms with van der Waals surface area (Å²) in [5.74, 6) is -1.66. The van der Waals surface area contributed by atoms with E-state index in [4.69, 9.17) is 5.14 Å². The van der Waals surface area contributed by atoms with Gasteiger partial charge in [-0.15, -0.1) is 0 Å². The largest absolute Gasteiger partial charge is 0.478 e. The molecule has 0 atom stereocenters. The molecule has 39 heavy (non-hydrogen) atoms. The highest BCUT2D eigenvalue weighted by molar-refractivity contribution is 9.10. The summed E-state index contributed by atoms with van der Waals surface area (Å²) in [5, 5.41) is 24.1. The van der Waals surface area contributed by atoms with Crippen LogP contribution in [0.4, 0.5) is 5.69 Å². The number of carbonyl (C=O) groups excluding carboxylic acids is 1. The van der Waals surface area contributed by atoms with Crippen molar-refractivity contribution < 1.29 is 23.1 Å². The van der Waals surface area contributed by atoms with Crippen molar-refractivity contribution in [2.75, 3.05) is 5.32 Å². The zero-order valence-corrected chi connectivity index (χ0v) is 22.8. The predicted molar refractivity (Wildman–Crippen MR) is 152 cm³/mol. The topological polar surface area (TPSA) is 144 Å². The zero-order chi connectivity index (χ0) is 27.9. The third-order valence-electron chi connectivity index (χ3n) is 6.11. The number of amides is 1. The summed E-state index contributed by atoms with van der Waals surface area (Å²) >= 11 is 3.45. The van der Waals surface area contributed by atoms with Crippen LogP contribution in [0.25, 0.3) is 27.6 Å². The van der Waals surface area contributed by atoms with Crippen molar-refractivity contribution >= 4 is 54.3 Å². The maximum atomic E-state index is 13.4. The molecule has 0 aliphatic rings. The quantitative estimate of drug-likeness (QED) is 0.238. The summed E-state index contributed by atoms with van der Waals surface area (Å²) in [6, 6.07) is 23.5. The predicted octanol–water partition coefficient (Wildman–Crippen LogP) is 5.36. The number of aryl methyl sites for hydroxylation is 1. The van der Waals surface area contributed by atoms with Gasteiger partial charge in [-0.05, 0) is 75.6 Å². The number of nitrogens with two attached hydrogens (primary N) is 1. The highest BCUT2D eigenvalue weighted by Crippen LogP contribution is 2.33. The molecule has 4 N–H and O–H groups in total. The molecule has 0 fully saturated rings. The first-order valence-electron chi connectivity index (χ1n) is 11.6. The molecule has 0 bridgehead atoms. The second-order valence-corrected chi connectivity index (χ2v) is 11.2. The number of carboxylic acid groups (broad SMARTS) is 1. The number of primary sulfonamides is 1. The van der Waals surface area contributed by atoms with Crippen molar-refractivity contribution in [1.29, 1.82) is 0 Å². The summed E-state index contributed by atoms with van der Waals surface area (Å²) in [6.07, 6.45) is 0. The van der Waals surface area contributed by atoms with Gasteiger partial charge in [0.1, 0.15) is 5.69 Å². The maximum absolute atomic E-state index is 13.4. The molecular weight excluding hydrogens is 584 g/mol. The van der Waals surface area contributed by atoms with E-state index >= 15 is 0 Å². The van der Waals surface area contributed by atoms with Crippen LogP contribution in [-0.2, 0) is 10.0 Å². The highest BCUT2D eigenvalue weighted by Gasteiger charge is 2.22. The fourth-order valence-electron chi connectivity index (χ4n) is 4.34. The normalized spacial score (nSPS) is 11.5. The molecule has 9 nitrogen and oxygen atoms in total. The molecule has 0 saturated carbocycles. The average molecular weight is 605 g/mol. The number of carbonyl (C=O) groups is 2. The van der Waals surface area contributed by atoms with Crippen LogP contribution in [0.3, 0.4) is 0 Å². The molecule has 0 unspecified atom stereocenters. The molecule has 4 aromatic carbocycles. The maximum Gasteiger partial charge on any atom is 0.337 e. The van der Waals surface area contributed by atoms with Crippen LogP contribution < -0.4 is 10.5 Å². The molecule has 5 rings (SSSR count). The third-order valence-corrected chi connectivity index (χ3v) is 7.73. The Labute approximate surface area is 232 Å². The van der Waals surface area contributed by atoms with Gasteiger partial charge in [0, 0.05) is 10.0 Å². The number of hydrogen-bond acceptors (Lipinski definition) is 5. The molecule has 0 saturated heterocycles. The number of aromatic nitrogens is 2. The van der Waals surface area contributed by atoms with Crippen molar-refractivity contribution in [3.05, 3.63) is 106 Å². The van der Waals surface area contributed by atoms with Crippen molar-refractivity contribution in [2.45, 2.75) is 11.8 Å². The Morgan fingerprint density at radius 1 is 0.949 bits per heavy atom. The Hall–Kier alpha value is -4.32. The van der Waals surface area contributed by atoms with E-state index in [0.29, 0.717) is 27.0 Å². The Morgan fingerprint density at radius 3 is 2.28 bits per heavy atom. The fourth-order valence-corrected chi connectivity index (χ4v) is 5.58. The number of fused-ring (bicyclic) bond motifs is 1. The SMILES string of the molecule is Cc1cc(C(=O)Nc2ccc(-c3ccccc3S(N)(=O)=O)cc2Br)n(-c2cc3ccccc3cc2C(=O)O)n1. The van der Waals surface area contributed by atoms with Gasteiger partial charge in [-0.25, -0.2) is 23.0 Å². The summed E-state index contributed by atoms with van der Waals surface area (Å²) in [5.41, 5.74) is 2.34. The van der Waals surface area contributed by atoms with E-state index in [1.165, 1.54) is 10.7 Å². The summed E-state index contributed by atoms with van der Waals surface area (Å²) in [6.45, 7) is 1.71. The summed E-state index contributed by atoms with van der Waals surface area (Å²) < 4.78 is 25.9. The lowest BCUT2D eigenvalue weighted by Gasteiger charge is -2.14. The second kappa shape index (κ2) is 10.1. The molecule has 1 aromatic heterocycles. The lowest BCUT2D eigenvalue weighted by atomic mass is 10.0. The molecular formula is C28H21BrN4O5S. The lowest BCUT2D eigenvalue weighted by Crippen LogP contribution is -2.18. The third kappa shape index (κ3) is 5.19. The van der Waals surface area contributed by atoms with Crippen LogP contribution in [-0.4, -0.2) is 35.2 Å². The highest BCUT2D eigenvalue weighted by atomic mass is 79.9. The Morgan fingerprint density at radius 2 is 1.62 bits per heavy atom. The number of sulfonamides is 1. The molecule has 0 spiro atoms. The first kappa shape index (κ1) is 26.3. The zero-order valence-electron chi connectivity index (χ0n) is 20.4. The minimum Gasteiger partial charge on any atom is -0.478 e. The molecule has 0 aliphatic carbocycles. The van der Waals surface area contributed by atoms with Gasteiger partial charge in [0.15, 0.2) is 0 Å². The van der Waals surface area contributed by atoms with Crippen LogP contribution in [0.5, 0.6) is 0 Å². The van der Waals surface area contributed by atoms with Crippen LogP contribution in [0.1, 0.15) is 26.5 Å². The van der Waals surface area contributed by atoms with Crippen LogP contribution in [0.15, 0.2) is 94.3 Å². The monoisotopic (exact) mass is 604 g/mol. The molecule has 0 aliphatic heterocycles. The van der Waals surface area contributed by atoms with E-state index in [-0.39, 0.29) is 21.8 Å². The van der Waals surface area contributed by atoms with Crippen molar-refractivity contribution in [3.8, 4) is 16.8 Å². The average Bonchev–Trinajstić information content (AvgIpc) is 3.30. The van der Waals surface area contributed by atoms with Crippen molar-refractivity contribution in [3.63, 3.8) is 0 Å². The number of halogens is 1. The number of rotatable bonds is 6. The molecule has 11 heteroatoms. The number of anilines is 1. The van der Waals surface area contributed by atoms with Gasteiger partial charge < -0.3 is 10.4 Å². The number of nitrogens with one attached hydrogen (secondary N) is 1. The number of nitrogens with zero attached hydrogens (tertiary/aromatic N) is 2. The van der Waals surface area contributed by atoms with Crippen LogP contribution in [0.2, 0.25) is 0 Å². The Kier molecular flexibility index (Phi) is 6.81. The summed E-state index contributed by atoms with van der Waals surface area (Å²) in [7, 11) is -3.95. The number of carboxylic acids is 1. The van der Waals surface area contributed by atoms with Crippen LogP contribution >= 0.6 is 15.9 Å². The van der Waals surface area contributed by atoms with Gasteiger partial charge in [-0.3, -0.25) is 4.79 Å². The Balaban J connectivity index is 1.52. The minimum absolute atomic E-state index is 0.00454. The number of aromatic carboxylic acids is 1. The van der Waals surface area contributed by atoms with Gasteiger partial charge >= 0.3 is 5.97 Å². The minimum atomic E-state index is -3.95. The molecule has 1 heterocycles. The lowest BCUT2D eigenvalue weighted by molar-refractivity contribution is 0.0696. The molecule has 0 radical (unpaired) electrons. The second-order valence-electron chi connectivity index (χ2n) is 8.79. The van der Waals surface area contributed by atoms with E-state index in [1.54, 1.807) is 61.5 Å². The van der Waals surface area contributed by atoms with E-state index in [0.717, 1.165) is 10.8 Å². The van der Waals surface area contributed by atoms with Crippen molar-refractivity contribution in [1.82, 2.24) is 9.78 Å². The Bertz CT molecular complexity index is 1900. The molecule has 196 valence electrons. The number of benzene rings is 4. The summed E-state index contributed by atoms with van der Waals surface area (Å²) in [4.78, 5) is 25.5. The first-order valence-corrected chi connectivity index (χ1v) is 13.9. The van der Waals surface area contributed by atoms with Crippen molar-refractivity contribution in [2.24, 2.45) is 5.14 Å². The van der Waals surface area contributed by atoms with Gasteiger partial charge in [0.05, 0.1) is 27.5 Å². The fraction of sp³-hybridized carbons (Fsp3) is 0.0357. The van der Waals surface area contributed by atoms with Gasteiger partial charge in [-0.2, -0.15) is 5.10 Å². The smallest absolute Gasteiger partial charge is 0.337 e. The van der Waals surface area contributed by atoms with Gasteiger partial charge in [-0.1, -0.05) is 48.5 Å². The van der Waals surface area contributed by atoms with E-state index < -0.39 is 21.9 Å². The number of hydrogen-bond donors (Lipinski definition) is 3.